The molecule has 0 saturated heterocycles. The van der Waals surface area contributed by atoms with E-state index in [0.717, 1.165) is 36.4 Å². The molecule has 0 atom stereocenters. The molecule has 0 aliphatic rings. The largest absolute Gasteiger partial charge is 0.457 e. The average molecular weight is 301 g/mol. The van der Waals surface area contributed by atoms with Crippen molar-refractivity contribution in [1.29, 1.82) is 0 Å². The first-order valence-corrected chi connectivity index (χ1v) is 5.56. The number of rotatable bonds is 3. The summed E-state index contributed by atoms with van der Waals surface area (Å²) in [7, 11) is 0. The molecule has 4 nitrogen and oxygen atoms in total. The summed E-state index contributed by atoms with van der Waals surface area (Å²) in [4.78, 5) is 9.62. The van der Waals surface area contributed by atoms with Gasteiger partial charge in [0.15, 0.2) is 0 Å². The van der Waals surface area contributed by atoms with E-state index in [9.17, 15) is 27.7 Å². The highest BCUT2D eigenvalue weighted by Gasteiger charge is 2.30. The number of ether oxygens (including phenoxy) is 1. The highest BCUT2D eigenvalue weighted by molar-refractivity contribution is 5.42. The van der Waals surface area contributed by atoms with Gasteiger partial charge in [-0.3, -0.25) is 10.1 Å². The van der Waals surface area contributed by atoms with Gasteiger partial charge in [-0.15, -0.1) is 0 Å². The zero-order valence-electron chi connectivity index (χ0n) is 10.2. The molecule has 0 unspecified atom stereocenters. The Bertz CT molecular complexity index is 685. The van der Waals surface area contributed by atoms with Crippen molar-refractivity contribution in [2.45, 2.75) is 6.18 Å². The van der Waals surface area contributed by atoms with E-state index in [1.807, 2.05) is 0 Å². The maximum absolute atomic E-state index is 13.1. The fourth-order valence-electron chi connectivity index (χ4n) is 1.57. The van der Waals surface area contributed by atoms with Crippen molar-refractivity contribution in [3.8, 4) is 11.5 Å². The van der Waals surface area contributed by atoms with E-state index in [4.69, 9.17) is 4.74 Å². The van der Waals surface area contributed by atoms with Gasteiger partial charge in [0, 0.05) is 0 Å². The third-order valence-electron chi connectivity index (χ3n) is 2.51. The van der Waals surface area contributed by atoms with Crippen LogP contribution in [0.1, 0.15) is 5.56 Å². The summed E-state index contributed by atoms with van der Waals surface area (Å²) in [6, 6.07) is 6.69. The van der Waals surface area contributed by atoms with Crippen LogP contribution in [0.5, 0.6) is 11.5 Å². The van der Waals surface area contributed by atoms with Crippen molar-refractivity contribution in [2.75, 3.05) is 0 Å². The van der Waals surface area contributed by atoms with Gasteiger partial charge in [-0.25, -0.2) is 0 Å². The minimum absolute atomic E-state index is 0.137. The molecule has 0 fully saturated rings. The molecule has 0 N–H and O–H groups in total. The van der Waals surface area contributed by atoms with Crippen LogP contribution in [0.4, 0.5) is 23.2 Å². The number of halogens is 4. The Morgan fingerprint density at radius 1 is 1.05 bits per heavy atom. The van der Waals surface area contributed by atoms with Crippen LogP contribution < -0.4 is 4.74 Å². The molecular formula is C13H7F4NO3. The fourth-order valence-corrected chi connectivity index (χ4v) is 1.57. The summed E-state index contributed by atoms with van der Waals surface area (Å²) in [6.45, 7) is 0. The molecule has 0 heterocycles. The highest BCUT2D eigenvalue weighted by Crippen LogP contribution is 2.33. The molecule has 21 heavy (non-hydrogen) atoms. The van der Waals surface area contributed by atoms with Gasteiger partial charge in [0.2, 0.25) is 5.82 Å². The summed E-state index contributed by atoms with van der Waals surface area (Å²) in [5.41, 5.74) is -1.74. The number of hydrogen-bond acceptors (Lipinski definition) is 3. The lowest BCUT2D eigenvalue weighted by Crippen LogP contribution is -2.04. The molecule has 110 valence electrons. The SMILES string of the molecule is O=[N+]([O-])c1cc(Oc2cccc(C(F)(F)F)c2)ccc1F. The molecule has 0 bridgehead atoms. The van der Waals surface area contributed by atoms with Gasteiger partial charge in [0.1, 0.15) is 11.5 Å². The lowest BCUT2D eigenvalue weighted by atomic mass is 10.2. The van der Waals surface area contributed by atoms with E-state index in [1.54, 1.807) is 0 Å². The smallest absolute Gasteiger partial charge is 0.416 e. The van der Waals surface area contributed by atoms with Gasteiger partial charge in [-0.05, 0) is 30.3 Å². The summed E-state index contributed by atoms with van der Waals surface area (Å²) in [5.74, 6) is -1.36. The molecule has 0 radical (unpaired) electrons. The highest BCUT2D eigenvalue weighted by atomic mass is 19.4. The van der Waals surface area contributed by atoms with Crippen LogP contribution in [0.25, 0.3) is 0 Å². The molecule has 0 aromatic heterocycles. The third kappa shape index (κ3) is 3.47. The first-order chi connectivity index (χ1) is 9.77. The van der Waals surface area contributed by atoms with Gasteiger partial charge in [0.05, 0.1) is 16.6 Å². The minimum Gasteiger partial charge on any atom is -0.457 e. The van der Waals surface area contributed by atoms with Gasteiger partial charge in [0.25, 0.3) is 0 Å². The van der Waals surface area contributed by atoms with Gasteiger partial charge < -0.3 is 4.74 Å². The van der Waals surface area contributed by atoms with Gasteiger partial charge >= 0.3 is 11.9 Å². The predicted molar refractivity (Wildman–Crippen MR) is 64.6 cm³/mol. The Morgan fingerprint density at radius 2 is 1.71 bits per heavy atom. The summed E-state index contributed by atoms with van der Waals surface area (Å²) in [5, 5.41) is 10.6. The first-order valence-electron chi connectivity index (χ1n) is 5.56. The van der Waals surface area contributed by atoms with Crippen LogP contribution >= 0.6 is 0 Å². The zero-order valence-corrected chi connectivity index (χ0v) is 10.2. The second-order valence-corrected chi connectivity index (χ2v) is 4.00. The van der Waals surface area contributed by atoms with Crippen molar-refractivity contribution in [1.82, 2.24) is 0 Å². The Morgan fingerprint density at radius 3 is 2.33 bits per heavy atom. The lowest BCUT2D eigenvalue weighted by Gasteiger charge is -2.10. The summed E-state index contributed by atoms with van der Waals surface area (Å²) >= 11 is 0. The fraction of sp³-hybridized carbons (Fsp3) is 0.0769. The molecular weight excluding hydrogens is 294 g/mol. The van der Waals surface area contributed by atoms with Crippen molar-refractivity contribution in [2.24, 2.45) is 0 Å². The van der Waals surface area contributed by atoms with E-state index < -0.39 is 28.2 Å². The third-order valence-corrected chi connectivity index (χ3v) is 2.51. The normalized spacial score (nSPS) is 11.2. The standard InChI is InChI=1S/C13H7F4NO3/c14-11-5-4-10(7-12(11)18(19)20)21-9-3-1-2-8(6-9)13(15,16)17/h1-7H. The molecule has 8 heteroatoms. The van der Waals surface area contributed by atoms with Crippen LogP contribution in [0, 0.1) is 15.9 Å². The van der Waals surface area contributed by atoms with Gasteiger partial charge in [-0.1, -0.05) is 6.07 Å². The van der Waals surface area contributed by atoms with E-state index in [-0.39, 0.29) is 11.5 Å². The van der Waals surface area contributed by atoms with E-state index in [0.29, 0.717) is 0 Å². The number of nitro groups is 1. The van der Waals surface area contributed by atoms with E-state index >= 15 is 0 Å². The Hall–Kier alpha value is -2.64. The lowest BCUT2D eigenvalue weighted by molar-refractivity contribution is -0.387. The Labute approximate surface area is 115 Å². The monoisotopic (exact) mass is 301 g/mol. The van der Waals surface area contributed by atoms with Crippen LogP contribution in [0.15, 0.2) is 42.5 Å². The topological polar surface area (TPSA) is 52.4 Å². The molecule has 2 rings (SSSR count). The second kappa shape index (κ2) is 5.39. The molecule has 2 aromatic rings. The molecule has 0 aliphatic carbocycles. The summed E-state index contributed by atoms with van der Waals surface area (Å²) in [6.07, 6.45) is -4.53. The molecule has 0 saturated carbocycles. The first kappa shape index (κ1) is 14.8. The van der Waals surface area contributed by atoms with Crippen LogP contribution in [-0.2, 0) is 6.18 Å². The zero-order chi connectivity index (χ0) is 15.6. The Kier molecular flexibility index (Phi) is 3.79. The second-order valence-electron chi connectivity index (χ2n) is 4.00. The average Bonchev–Trinajstić information content (AvgIpc) is 2.40. The van der Waals surface area contributed by atoms with Crippen molar-refractivity contribution < 1.29 is 27.2 Å². The number of hydrogen-bond donors (Lipinski definition) is 0. The van der Waals surface area contributed by atoms with Crippen molar-refractivity contribution in [3.63, 3.8) is 0 Å². The van der Waals surface area contributed by atoms with Crippen molar-refractivity contribution in [3.05, 3.63) is 64.0 Å². The van der Waals surface area contributed by atoms with E-state index in [2.05, 4.69) is 0 Å². The molecule has 0 amide bonds. The van der Waals surface area contributed by atoms with Crippen LogP contribution in [-0.4, -0.2) is 4.92 Å². The molecule has 0 spiro atoms. The number of benzene rings is 2. The van der Waals surface area contributed by atoms with Crippen LogP contribution in [0.2, 0.25) is 0 Å². The maximum atomic E-state index is 13.1. The van der Waals surface area contributed by atoms with E-state index in [1.165, 1.54) is 6.07 Å². The minimum atomic E-state index is -4.53. The van der Waals surface area contributed by atoms with Gasteiger partial charge in [-0.2, -0.15) is 17.6 Å². The number of nitro benzene ring substituents is 1. The van der Waals surface area contributed by atoms with Crippen molar-refractivity contribution >= 4 is 5.69 Å². The predicted octanol–water partition coefficient (Wildman–Crippen LogP) is 4.55. The summed E-state index contributed by atoms with van der Waals surface area (Å²) < 4.78 is 55.8. The maximum Gasteiger partial charge on any atom is 0.416 e. The number of alkyl halides is 3. The quantitative estimate of drug-likeness (QED) is 0.475. The van der Waals surface area contributed by atoms with Crippen LogP contribution in [0.3, 0.4) is 0 Å². The Balaban J connectivity index is 2.31. The number of nitrogens with zero attached hydrogens (tertiary/aromatic N) is 1. The molecule has 0 aliphatic heterocycles. The molecule has 2 aromatic carbocycles.